The second kappa shape index (κ2) is 6.44. The van der Waals surface area contributed by atoms with Crippen molar-refractivity contribution in [1.29, 1.82) is 0 Å². The first-order valence-corrected chi connectivity index (χ1v) is 8.66. The summed E-state index contributed by atoms with van der Waals surface area (Å²) in [6.45, 7) is 2.19. The molecule has 1 aliphatic rings. The van der Waals surface area contributed by atoms with E-state index in [0.717, 1.165) is 0 Å². The highest BCUT2D eigenvalue weighted by Gasteiger charge is 2.30. The van der Waals surface area contributed by atoms with Crippen molar-refractivity contribution in [2.45, 2.75) is 38.1 Å². The highest BCUT2D eigenvalue weighted by Crippen LogP contribution is 2.40. The fraction of sp³-hybridized carbons (Fsp3) is 0.389. The second-order valence-electron chi connectivity index (χ2n) is 5.79. The van der Waals surface area contributed by atoms with E-state index in [2.05, 4.69) is 72.2 Å². The van der Waals surface area contributed by atoms with E-state index >= 15 is 0 Å². The average Bonchev–Trinajstić information content (AvgIpc) is 2.52. The van der Waals surface area contributed by atoms with Gasteiger partial charge >= 0.3 is 0 Å². The van der Waals surface area contributed by atoms with Crippen molar-refractivity contribution in [2.24, 2.45) is 0 Å². The summed E-state index contributed by atoms with van der Waals surface area (Å²) in [6, 6.07) is 11.2. The van der Waals surface area contributed by atoms with Crippen LogP contribution in [-0.2, 0) is 6.42 Å². The van der Waals surface area contributed by atoms with Crippen LogP contribution in [0.1, 0.15) is 47.2 Å². The standard InChI is InChI=1S/C18H21IN2/c1-12-6-3-9-14(16(12)19)18(20-2)15-10-4-7-13-8-5-11-21-17(13)15/h3,5-6,8-9,11,15,18,20H,4,7,10H2,1-2H3. The molecular weight excluding hydrogens is 371 g/mol. The molecule has 0 saturated heterocycles. The van der Waals surface area contributed by atoms with Gasteiger partial charge in [0.15, 0.2) is 0 Å². The summed E-state index contributed by atoms with van der Waals surface area (Å²) in [7, 11) is 2.07. The average molecular weight is 392 g/mol. The summed E-state index contributed by atoms with van der Waals surface area (Å²) in [4.78, 5) is 4.70. The molecule has 0 amide bonds. The summed E-state index contributed by atoms with van der Waals surface area (Å²) < 4.78 is 1.37. The Bertz CT molecular complexity index is 639. The highest BCUT2D eigenvalue weighted by molar-refractivity contribution is 14.1. The topological polar surface area (TPSA) is 24.9 Å². The van der Waals surface area contributed by atoms with E-state index in [1.54, 1.807) is 0 Å². The molecule has 2 nitrogen and oxygen atoms in total. The number of nitrogens with one attached hydrogen (secondary N) is 1. The van der Waals surface area contributed by atoms with Crippen LogP contribution in [0.3, 0.4) is 0 Å². The van der Waals surface area contributed by atoms with Gasteiger partial charge in [-0.05, 0) is 78.6 Å². The van der Waals surface area contributed by atoms with E-state index in [0.29, 0.717) is 12.0 Å². The molecule has 0 radical (unpaired) electrons. The zero-order valence-electron chi connectivity index (χ0n) is 12.6. The Morgan fingerprint density at radius 1 is 1.29 bits per heavy atom. The predicted molar refractivity (Wildman–Crippen MR) is 95.6 cm³/mol. The molecule has 0 fully saturated rings. The first kappa shape index (κ1) is 15.0. The number of fused-ring (bicyclic) bond motifs is 1. The van der Waals surface area contributed by atoms with Gasteiger partial charge in [0.25, 0.3) is 0 Å². The molecular formula is C18H21IN2. The van der Waals surface area contributed by atoms with E-state index in [4.69, 9.17) is 4.98 Å². The number of likely N-dealkylation sites (N-methyl/N-ethyl adjacent to an activating group) is 1. The van der Waals surface area contributed by atoms with Crippen molar-refractivity contribution >= 4 is 22.6 Å². The fourth-order valence-electron chi connectivity index (χ4n) is 3.45. The zero-order chi connectivity index (χ0) is 14.8. The van der Waals surface area contributed by atoms with Gasteiger partial charge in [0.05, 0.1) is 0 Å². The van der Waals surface area contributed by atoms with Crippen molar-refractivity contribution < 1.29 is 0 Å². The van der Waals surface area contributed by atoms with Gasteiger partial charge in [-0.1, -0.05) is 24.3 Å². The Morgan fingerprint density at radius 3 is 2.95 bits per heavy atom. The number of rotatable bonds is 3. The number of pyridine rings is 1. The minimum absolute atomic E-state index is 0.339. The molecule has 2 unspecified atom stereocenters. The molecule has 3 heteroatoms. The van der Waals surface area contributed by atoms with Crippen LogP contribution in [0.25, 0.3) is 0 Å². The maximum Gasteiger partial charge on any atom is 0.0485 e. The van der Waals surface area contributed by atoms with E-state index in [1.807, 2.05) is 6.20 Å². The summed E-state index contributed by atoms with van der Waals surface area (Å²) >= 11 is 2.48. The third-order valence-electron chi connectivity index (χ3n) is 4.51. The van der Waals surface area contributed by atoms with Crippen LogP contribution in [-0.4, -0.2) is 12.0 Å². The first-order chi connectivity index (χ1) is 10.2. The Kier molecular flexibility index (Phi) is 4.60. The van der Waals surface area contributed by atoms with Crippen LogP contribution in [0.15, 0.2) is 36.5 Å². The molecule has 0 saturated carbocycles. The smallest absolute Gasteiger partial charge is 0.0485 e. The van der Waals surface area contributed by atoms with Crippen LogP contribution < -0.4 is 5.32 Å². The van der Waals surface area contributed by atoms with Gasteiger partial charge in [0.2, 0.25) is 0 Å². The van der Waals surface area contributed by atoms with E-state index in [9.17, 15) is 0 Å². The maximum absolute atomic E-state index is 4.70. The lowest BCUT2D eigenvalue weighted by Gasteiger charge is -2.32. The summed E-state index contributed by atoms with van der Waals surface area (Å²) in [5.74, 6) is 0.468. The Balaban J connectivity index is 2.04. The molecule has 1 aromatic heterocycles. The van der Waals surface area contributed by atoms with Gasteiger partial charge in [-0.2, -0.15) is 0 Å². The maximum atomic E-state index is 4.70. The molecule has 0 aliphatic heterocycles. The molecule has 3 rings (SSSR count). The summed E-state index contributed by atoms with van der Waals surface area (Å²) in [5.41, 5.74) is 5.48. The van der Waals surface area contributed by atoms with Gasteiger partial charge in [0, 0.05) is 27.4 Å². The number of benzene rings is 1. The molecule has 1 aliphatic carbocycles. The largest absolute Gasteiger partial charge is 0.312 e. The number of hydrogen-bond donors (Lipinski definition) is 1. The molecule has 1 aromatic carbocycles. The number of nitrogens with zero attached hydrogens (tertiary/aromatic N) is 1. The monoisotopic (exact) mass is 392 g/mol. The van der Waals surface area contributed by atoms with Crippen LogP contribution in [0.5, 0.6) is 0 Å². The number of halogens is 1. The molecule has 2 atom stereocenters. The van der Waals surface area contributed by atoms with Gasteiger partial charge in [-0.25, -0.2) is 0 Å². The highest BCUT2D eigenvalue weighted by atomic mass is 127. The molecule has 0 bridgehead atoms. The van der Waals surface area contributed by atoms with Gasteiger partial charge < -0.3 is 5.32 Å². The SMILES string of the molecule is CNC(c1cccc(C)c1I)C1CCCc2cccnc21. The molecule has 21 heavy (non-hydrogen) atoms. The summed E-state index contributed by atoms with van der Waals surface area (Å²) in [5, 5.41) is 3.55. The quantitative estimate of drug-likeness (QED) is 0.785. The van der Waals surface area contributed by atoms with Crippen molar-refractivity contribution in [2.75, 3.05) is 7.05 Å². The first-order valence-electron chi connectivity index (χ1n) is 7.58. The third-order valence-corrected chi connectivity index (χ3v) is 5.98. The number of hydrogen-bond acceptors (Lipinski definition) is 2. The van der Waals surface area contributed by atoms with E-state index < -0.39 is 0 Å². The van der Waals surface area contributed by atoms with Gasteiger partial charge in [-0.15, -0.1) is 0 Å². The van der Waals surface area contributed by atoms with E-state index in [-0.39, 0.29) is 0 Å². The van der Waals surface area contributed by atoms with Crippen LogP contribution in [0.2, 0.25) is 0 Å². The molecule has 1 heterocycles. The van der Waals surface area contributed by atoms with Crippen molar-refractivity contribution in [3.05, 3.63) is 62.5 Å². The normalized spacial score (nSPS) is 19.1. The van der Waals surface area contributed by atoms with Crippen molar-refractivity contribution in [3.8, 4) is 0 Å². The molecule has 0 spiro atoms. The van der Waals surface area contributed by atoms with Crippen LogP contribution >= 0.6 is 22.6 Å². The van der Waals surface area contributed by atoms with E-state index in [1.165, 1.54) is 45.2 Å². The third kappa shape index (κ3) is 2.86. The fourth-order valence-corrected chi connectivity index (χ4v) is 4.15. The lowest BCUT2D eigenvalue weighted by Crippen LogP contribution is -2.28. The Hall–Kier alpha value is -0.940. The Morgan fingerprint density at radius 2 is 2.14 bits per heavy atom. The number of aromatic nitrogens is 1. The minimum atomic E-state index is 0.339. The minimum Gasteiger partial charge on any atom is -0.312 e. The van der Waals surface area contributed by atoms with Crippen LogP contribution in [0, 0.1) is 10.5 Å². The second-order valence-corrected chi connectivity index (χ2v) is 6.87. The lowest BCUT2D eigenvalue weighted by atomic mass is 9.79. The summed E-state index contributed by atoms with van der Waals surface area (Å²) in [6.07, 6.45) is 5.57. The van der Waals surface area contributed by atoms with Crippen molar-refractivity contribution in [1.82, 2.24) is 10.3 Å². The predicted octanol–water partition coefficient (Wildman–Crippen LogP) is 4.38. The van der Waals surface area contributed by atoms with Gasteiger partial charge in [-0.3, -0.25) is 4.98 Å². The van der Waals surface area contributed by atoms with Crippen LogP contribution in [0.4, 0.5) is 0 Å². The lowest BCUT2D eigenvalue weighted by molar-refractivity contribution is 0.414. The van der Waals surface area contributed by atoms with Crippen molar-refractivity contribution in [3.63, 3.8) is 0 Å². The molecule has 110 valence electrons. The molecule has 1 N–H and O–H groups in total. The Labute approximate surface area is 140 Å². The number of aryl methyl sites for hydroxylation is 2. The zero-order valence-corrected chi connectivity index (χ0v) is 14.7. The van der Waals surface area contributed by atoms with Gasteiger partial charge in [0.1, 0.15) is 0 Å². The molecule has 2 aromatic rings.